The van der Waals surface area contributed by atoms with E-state index in [0.717, 1.165) is 4.90 Å². The van der Waals surface area contributed by atoms with Crippen LogP contribution in [-0.4, -0.2) is 40.6 Å². The Morgan fingerprint density at radius 1 is 1.56 bits per heavy atom. The number of hydrogen-bond donors (Lipinski definition) is 2. The predicted octanol–water partition coefficient (Wildman–Crippen LogP) is 1.31. The summed E-state index contributed by atoms with van der Waals surface area (Å²) in [5, 5.41) is 11.2. The van der Waals surface area contributed by atoms with E-state index < -0.39 is 24.5 Å². The van der Waals surface area contributed by atoms with Gasteiger partial charge in [0.1, 0.15) is 6.54 Å². The second-order valence-corrected chi connectivity index (χ2v) is 4.30. The summed E-state index contributed by atoms with van der Waals surface area (Å²) < 4.78 is 37.2. The fourth-order valence-corrected chi connectivity index (χ4v) is 1.75. The molecule has 1 atom stereocenters. The zero-order chi connectivity index (χ0) is 13.9. The van der Waals surface area contributed by atoms with Crippen molar-refractivity contribution in [3.05, 3.63) is 0 Å². The van der Waals surface area contributed by atoms with Crippen molar-refractivity contribution in [2.75, 3.05) is 6.54 Å². The molecule has 0 heterocycles. The number of amidine groups is 1. The topological polar surface area (TPSA) is 78.9 Å². The maximum atomic E-state index is 12.4. The maximum absolute atomic E-state index is 12.4. The van der Waals surface area contributed by atoms with Crippen LogP contribution in [0.5, 0.6) is 0 Å². The summed E-state index contributed by atoms with van der Waals surface area (Å²) in [6, 6.07) is -0.375. The van der Waals surface area contributed by atoms with Gasteiger partial charge >= 0.3 is 6.18 Å². The second kappa shape index (κ2) is 5.45. The third-order valence-corrected chi connectivity index (χ3v) is 2.80. The van der Waals surface area contributed by atoms with Crippen LogP contribution in [0.25, 0.3) is 0 Å². The Hall–Kier alpha value is -1.47. The maximum Gasteiger partial charge on any atom is 0.406 e. The van der Waals surface area contributed by atoms with Gasteiger partial charge in [0.05, 0.1) is 5.92 Å². The van der Waals surface area contributed by atoms with Crippen molar-refractivity contribution in [1.29, 1.82) is 0 Å². The molecule has 1 unspecified atom stereocenters. The molecular formula is C10H16F3N3O2. The molecule has 1 aliphatic rings. The summed E-state index contributed by atoms with van der Waals surface area (Å²) in [4.78, 5) is 12.8. The zero-order valence-electron chi connectivity index (χ0n) is 9.94. The number of nitrogens with two attached hydrogens (primary N) is 1. The average molecular weight is 267 g/mol. The van der Waals surface area contributed by atoms with Gasteiger partial charge in [0.15, 0.2) is 5.84 Å². The molecule has 8 heteroatoms. The first-order chi connectivity index (χ1) is 8.30. The van der Waals surface area contributed by atoms with E-state index in [4.69, 9.17) is 10.9 Å². The molecule has 0 saturated heterocycles. The molecule has 1 rings (SSSR count). The third kappa shape index (κ3) is 3.78. The molecule has 1 amide bonds. The lowest BCUT2D eigenvalue weighted by Crippen LogP contribution is -2.46. The zero-order valence-corrected chi connectivity index (χ0v) is 9.94. The van der Waals surface area contributed by atoms with E-state index in [1.165, 1.54) is 0 Å². The minimum absolute atomic E-state index is 0.190. The molecule has 0 spiro atoms. The fourth-order valence-electron chi connectivity index (χ4n) is 1.75. The van der Waals surface area contributed by atoms with Crippen molar-refractivity contribution in [1.82, 2.24) is 4.90 Å². The van der Waals surface area contributed by atoms with Crippen LogP contribution >= 0.6 is 0 Å². The van der Waals surface area contributed by atoms with Crippen LogP contribution in [0.2, 0.25) is 0 Å². The molecule has 0 aromatic rings. The summed E-state index contributed by atoms with van der Waals surface area (Å²) in [6.45, 7) is 0.310. The van der Waals surface area contributed by atoms with Gasteiger partial charge in [-0.05, 0) is 19.3 Å². The van der Waals surface area contributed by atoms with Crippen LogP contribution in [0, 0.1) is 5.92 Å². The molecular weight excluding hydrogens is 251 g/mol. The highest BCUT2D eigenvalue weighted by Gasteiger charge is 2.42. The normalized spacial score (nSPS) is 18.6. The molecule has 0 aromatic carbocycles. The van der Waals surface area contributed by atoms with Crippen molar-refractivity contribution in [2.24, 2.45) is 16.8 Å². The van der Waals surface area contributed by atoms with E-state index >= 15 is 0 Å². The predicted molar refractivity (Wildman–Crippen MR) is 58.0 cm³/mol. The van der Waals surface area contributed by atoms with Crippen LogP contribution < -0.4 is 5.73 Å². The van der Waals surface area contributed by atoms with Gasteiger partial charge in [0.2, 0.25) is 5.91 Å². The van der Waals surface area contributed by atoms with Crippen molar-refractivity contribution in [3.8, 4) is 0 Å². The SMILES string of the molecule is CCC(C(=O)N(CC(F)(F)F)C1CC1)C(N)=NO. The molecule has 0 aromatic heterocycles. The van der Waals surface area contributed by atoms with Gasteiger partial charge in [-0.25, -0.2) is 0 Å². The first-order valence-electron chi connectivity index (χ1n) is 5.64. The highest BCUT2D eigenvalue weighted by atomic mass is 19.4. The Bertz CT molecular complexity index is 340. The van der Waals surface area contributed by atoms with Crippen molar-refractivity contribution >= 4 is 11.7 Å². The summed E-state index contributed by atoms with van der Waals surface area (Å²) >= 11 is 0. The summed E-state index contributed by atoms with van der Waals surface area (Å²) in [5.74, 6) is -2.08. The molecule has 0 radical (unpaired) electrons. The lowest BCUT2D eigenvalue weighted by Gasteiger charge is -2.27. The molecule has 0 bridgehead atoms. The van der Waals surface area contributed by atoms with E-state index in [9.17, 15) is 18.0 Å². The number of nitrogens with zero attached hydrogens (tertiary/aromatic N) is 2. The Balaban J connectivity index is 2.82. The van der Waals surface area contributed by atoms with Gasteiger partial charge in [-0.1, -0.05) is 12.1 Å². The number of rotatable bonds is 5. The van der Waals surface area contributed by atoms with Crippen molar-refractivity contribution in [2.45, 2.75) is 38.4 Å². The van der Waals surface area contributed by atoms with Crippen LogP contribution in [0.1, 0.15) is 26.2 Å². The second-order valence-electron chi connectivity index (χ2n) is 4.30. The summed E-state index contributed by atoms with van der Waals surface area (Å²) in [6.07, 6.45) is -3.12. The standard InChI is InChI=1S/C10H16F3N3O2/c1-2-7(8(14)15-18)9(17)16(6-3-4-6)5-10(11,12)13/h6-7,18H,2-5H2,1H3,(H2,14,15). The third-order valence-electron chi connectivity index (χ3n) is 2.80. The molecule has 3 N–H and O–H groups in total. The monoisotopic (exact) mass is 267 g/mol. The molecule has 1 fully saturated rings. The van der Waals surface area contributed by atoms with E-state index in [1.54, 1.807) is 6.92 Å². The molecule has 104 valence electrons. The van der Waals surface area contributed by atoms with Gasteiger partial charge in [0.25, 0.3) is 0 Å². The van der Waals surface area contributed by atoms with E-state index in [-0.39, 0.29) is 18.3 Å². The number of alkyl halides is 3. The minimum atomic E-state index is -4.44. The van der Waals surface area contributed by atoms with Gasteiger partial charge in [0, 0.05) is 6.04 Å². The van der Waals surface area contributed by atoms with Crippen molar-refractivity contribution in [3.63, 3.8) is 0 Å². The number of carbonyl (C=O) groups is 1. The van der Waals surface area contributed by atoms with Crippen molar-refractivity contribution < 1.29 is 23.2 Å². The minimum Gasteiger partial charge on any atom is -0.409 e. The molecule has 1 saturated carbocycles. The van der Waals surface area contributed by atoms with Crippen LogP contribution in [0.3, 0.4) is 0 Å². The fraction of sp³-hybridized carbons (Fsp3) is 0.800. The quantitative estimate of drug-likeness (QED) is 0.341. The van der Waals surface area contributed by atoms with Gasteiger partial charge in [-0.2, -0.15) is 13.2 Å². The molecule has 1 aliphatic carbocycles. The first-order valence-corrected chi connectivity index (χ1v) is 5.64. The number of hydrogen-bond acceptors (Lipinski definition) is 3. The van der Waals surface area contributed by atoms with E-state index in [0.29, 0.717) is 12.8 Å². The lowest BCUT2D eigenvalue weighted by atomic mass is 10.0. The highest BCUT2D eigenvalue weighted by molar-refractivity contribution is 6.02. The molecule has 0 aliphatic heterocycles. The summed E-state index contributed by atoms with van der Waals surface area (Å²) in [7, 11) is 0. The Labute approximate surface area is 102 Å². The number of carbonyl (C=O) groups excluding carboxylic acids is 1. The highest BCUT2D eigenvalue weighted by Crippen LogP contribution is 2.31. The Morgan fingerprint density at radius 2 is 2.11 bits per heavy atom. The lowest BCUT2D eigenvalue weighted by molar-refractivity contribution is -0.163. The number of halogens is 3. The van der Waals surface area contributed by atoms with Gasteiger partial charge in [-0.15, -0.1) is 0 Å². The van der Waals surface area contributed by atoms with E-state index in [1.807, 2.05) is 0 Å². The summed E-state index contributed by atoms with van der Waals surface area (Å²) in [5.41, 5.74) is 5.32. The molecule has 5 nitrogen and oxygen atoms in total. The van der Waals surface area contributed by atoms with Gasteiger partial charge < -0.3 is 15.8 Å². The smallest absolute Gasteiger partial charge is 0.406 e. The van der Waals surface area contributed by atoms with Crippen LogP contribution in [-0.2, 0) is 4.79 Å². The molecule has 18 heavy (non-hydrogen) atoms. The largest absolute Gasteiger partial charge is 0.409 e. The van der Waals surface area contributed by atoms with Gasteiger partial charge in [-0.3, -0.25) is 4.79 Å². The number of amides is 1. The number of oxime groups is 1. The van der Waals surface area contributed by atoms with E-state index in [2.05, 4.69) is 5.16 Å². The Kier molecular flexibility index (Phi) is 4.42. The average Bonchev–Trinajstić information content (AvgIpc) is 3.09. The van der Waals surface area contributed by atoms with Crippen LogP contribution in [0.4, 0.5) is 13.2 Å². The Morgan fingerprint density at radius 3 is 2.44 bits per heavy atom. The first kappa shape index (κ1) is 14.6. The van der Waals surface area contributed by atoms with Crippen LogP contribution in [0.15, 0.2) is 5.16 Å².